The molecule has 23 heavy (non-hydrogen) atoms. The van der Waals surface area contributed by atoms with E-state index in [1.807, 2.05) is 0 Å². The number of ketones is 1. The molecular weight excluding hydrogens is 339 g/mol. The molecule has 1 aromatic rings. The highest BCUT2D eigenvalue weighted by atomic mass is 32.2. The van der Waals surface area contributed by atoms with Crippen molar-refractivity contribution >= 4 is 23.9 Å². The molecule has 0 amide bonds. The van der Waals surface area contributed by atoms with E-state index in [-0.39, 0.29) is 29.9 Å². The Morgan fingerprint density at radius 2 is 1.52 bits per heavy atom. The van der Waals surface area contributed by atoms with Crippen molar-refractivity contribution in [3.05, 3.63) is 29.8 Å². The zero-order valence-electron chi connectivity index (χ0n) is 12.6. The number of hydrogen-bond acceptors (Lipinski definition) is 4. The van der Waals surface area contributed by atoms with Crippen molar-refractivity contribution in [1.82, 2.24) is 0 Å². The van der Waals surface area contributed by atoms with Crippen LogP contribution in [-0.4, -0.2) is 60.8 Å². The van der Waals surface area contributed by atoms with Crippen LogP contribution in [0, 0.1) is 0 Å². The molecule has 0 fully saturated rings. The van der Waals surface area contributed by atoms with Gasteiger partial charge in [0, 0.05) is 16.5 Å². The molecule has 1 aromatic carbocycles. The molecule has 0 unspecified atom stereocenters. The quantitative estimate of drug-likeness (QED) is 0.322. The summed E-state index contributed by atoms with van der Waals surface area (Å²) in [5, 5.41) is 17.8. The second-order valence-corrected chi connectivity index (χ2v) is 6.59. The highest BCUT2D eigenvalue weighted by molar-refractivity contribution is 7.97. The van der Waals surface area contributed by atoms with E-state index in [2.05, 4.69) is 0 Å². The van der Waals surface area contributed by atoms with Crippen molar-refractivity contribution in [2.75, 3.05) is 37.6 Å². The van der Waals surface area contributed by atoms with Crippen molar-refractivity contribution in [3.63, 3.8) is 0 Å². The molecule has 2 N–H and O–H groups in total. The number of aliphatic hydroxyl groups is 2. The van der Waals surface area contributed by atoms with E-state index in [9.17, 15) is 22.1 Å². The summed E-state index contributed by atoms with van der Waals surface area (Å²) in [6, 6.07) is 6.98. The van der Waals surface area contributed by atoms with Crippen LogP contribution in [0.2, 0.25) is 0 Å². The molecular formula is C13H19BF4O4S. The van der Waals surface area contributed by atoms with Gasteiger partial charge in [-0.1, -0.05) is 0 Å². The highest BCUT2D eigenvalue weighted by Crippen LogP contribution is 2.13. The number of carbonyl (C=O) groups excluding carboxylic acids is 1. The van der Waals surface area contributed by atoms with Crippen LogP contribution in [0.1, 0.15) is 10.4 Å². The van der Waals surface area contributed by atoms with Crippen molar-refractivity contribution in [3.8, 4) is 5.75 Å². The Balaban J connectivity index is 0.000000841. The molecule has 0 saturated heterocycles. The van der Waals surface area contributed by atoms with Crippen LogP contribution in [0.25, 0.3) is 0 Å². The number of rotatable bonds is 8. The van der Waals surface area contributed by atoms with Gasteiger partial charge < -0.3 is 32.2 Å². The lowest BCUT2D eigenvalue weighted by Gasteiger charge is -2.06. The van der Waals surface area contributed by atoms with Gasteiger partial charge in [0.2, 0.25) is 5.78 Å². The van der Waals surface area contributed by atoms with Crippen LogP contribution in [-0.2, 0) is 10.9 Å². The predicted octanol–water partition coefficient (Wildman–Crippen LogP) is 1.78. The summed E-state index contributed by atoms with van der Waals surface area (Å²) in [5.74, 6) is 2.29. The topological polar surface area (TPSA) is 66.8 Å². The van der Waals surface area contributed by atoms with Crippen LogP contribution in [0.4, 0.5) is 17.3 Å². The Morgan fingerprint density at radius 3 is 1.87 bits per heavy atom. The monoisotopic (exact) mass is 358 g/mol. The zero-order valence-corrected chi connectivity index (χ0v) is 13.4. The maximum absolute atomic E-state index is 12.0. The molecule has 0 spiro atoms. The summed E-state index contributed by atoms with van der Waals surface area (Å²) in [6.45, 7) is 0.109. The van der Waals surface area contributed by atoms with Crippen molar-refractivity contribution < 1.29 is 37.0 Å². The van der Waals surface area contributed by atoms with Gasteiger partial charge in [-0.2, -0.15) is 0 Å². The lowest BCUT2D eigenvalue weighted by molar-refractivity contribution is 0.102. The lowest BCUT2D eigenvalue weighted by Crippen LogP contribution is -2.25. The van der Waals surface area contributed by atoms with E-state index < -0.39 is 7.25 Å². The number of methoxy groups -OCH3 is 1. The first kappa shape index (κ1) is 21.7. The van der Waals surface area contributed by atoms with Gasteiger partial charge in [0.25, 0.3) is 0 Å². The largest absolute Gasteiger partial charge is 0.673 e. The van der Waals surface area contributed by atoms with E-state index in [0.717, 1.165) is 5.75 Å². The molecule has 0 bridgehead atoms. The van der Waals surface area contributed by atoms with E-state index in [4.69, 9.17) is 14.9 Å². The minimum absolute atomic E-state index is 0.0443. The third kappa shape index (κ3) is 11.9. The Bertz CT molecular complexity index is 444. The van der Waals surface area contributed by atoms with Gasteiger partial charge in [-0.05, 0) is 24.3 Å². The molecule has 0 saturated carbocycles. The van der Waals surface area contributed by atoms with Crippen molar-refractivity contribution in [2.45, 2.75) is 0 Å². The number of Topliss-reactive ketones (excluding diaryl/α,β-unsaturated/α-hetero) is 1. The predicted molar refractivity (Wildman–Crippen MR) is 83.6 cm³/mol. The third-order valence-corrected chi connectivity index (χ3v) is 4.70. The number of halogens is 4. The molecule has 1 rings (SSSR count). The second kappa shape index (κ2) is 11.3. The highest BCUT2D eigenvalue weighted by Gasteiger charge is 2.22. The van der Waals surface area contributed by atoms with Gasteiger partial charge in [-0.3, -0.25) is 4.79 Å². The summed E-state index contributed by atoms with van der Waals surface area (Å²) in [7, 11) is -4.66. The molecule has 0 atom stereocenters. The first-order valence-electron chi connectivity index (χ1n) is 6.61. The molecule has 0 heterocycles. The SMILES string of the molecule is COc1ccc(C(=O)C[S+](CCO)CCO)cc1.F[B-](F)(F)F. The second-order valence-electron chi connectivity index (χ2n) is 4.26. The molecule has 0 radical (unpaired) electrons. The Kier molecular flexibility index (Phi) is 10.7. The van der Waals surface area contributed by atoms with Crippen LogP contribution in [0.15, 0.2) is 24.3 Å². The standard InChI is InChI=1S/C13H19O4S.BF4/c1-17-12-4-2-11(3-5-12)13(16)10-18(8-6-14)9-7-15;2-1(3,4)5/h2-5,14-15H,6-10H2,1H3;/q+1;-1. The van der Waals surface area contributed by atoms with Gasteiger partial charge in [-0.25, -0.2) is 0 Å². The fourth-order valence-electron chi connectivity index (χ4n) is 1.55. The average Bonchev–Trinajstić information content (AvgIpc) is 2.46. The molecule has 4 nitrogen and oxygen atoms in total. The number of benzene rings is 1. The van der Waals surface area contributed by atoms with Gasteiger partial charge in [0.15, 0.2) is 5.75 Å². The Hall–Kier alpha value is -1.26. The molecule has 0 aliphatic carbocycles. The van der Waals surface area contributed by atoms with E-state index in [1.54, 1.807) is 31.4 Å². The number of carbonyl (C=O) groups is 1. The molecule has 0 aliphatic heterocycles. The van der Waals surface area contributed by atoms with Gasteiger partial charge in [-0.15, -0.1) is 0 Å². The summed E-state index contributed by atoms with van der Waals surface area (Å²) >= 11 is 0. The summed E-state index contributed by atoms with van der Waals surface area (Å²) < 4.78 is 44.0. The maximum atomic E-state index is 12.0. The minimum Gasteiger partial charge on any atom is -0.497 e. The normalized spacial score (nSPS) is 11.0. The maximum Gasteiger partial charge on any atom is 0.673 e. The van der Waals surface area contributed by atoms with Crippen LogP contribution >= 0.6 is 0 Å². The van der Waals surface area contributed by atoms with E-state index in [0.29, 0.717) is 22.8 Å². The number of aliphatic hydroxyl groups excluding tert-OH is 2. The smallest absolute Gasteiger partial charge is 0.497 e. The fraction of sp³-hybridized carbons (Fsp3) is 0.462. The van der Waals surface area contributed by atoms with Gasteiger partial charge in [0.05, 0.1) is 20.3 Å². The zero-order chi connectivity index (χ0) is 17.9. The van der Waals surface area contributed by atoms with Crippen LogP contribution in [0.5, 0.6) is 5.75 Å². The third-order valence-electron chi connectivity index (χ3n) is 2.51. The van der Waals surface area contributed by atoms with E-state index in [1.165, 1.54) is 0 Å². The molecule has 132 valence electrons. The number of ether oxygens (including phenoxy) is 1. The first-order valence-corrected chi connectivity index (χ1v) is 8.34. The first-order chi connectivity index (χ1) is 10.7. The summed E-state index contributed by atoms with van der Waals surface area (Å²) in [5.41, 5.74) is 0.643. The number of hydrogen-bond donors (Lipinski definition) is 2. The summed E-state index contributed by atoms with van der Waals surface area (Å²) in [4.78, 5) is 12.0. The van der Waals surface area contributed by atoms with Crippen molar-refractivity contribution in [1.29, 1.82) is 0 Å². The minimum atomic E-state index is -6.00. The fourth-order valence-corrected chi connectivity index (χ4v) is 3.10. The summed E-state index contributed by atoms with van der Waals surface area (Å²) in [6.07, 6.45) is 0. The van der Waals surface area contributed by atoms with Crippen LogP contribution < -0.4 is 4.74 Å². The molecule has 10 heteroatoms. The Morgan fingerprint density at radius 1 is 1.09 bits per heavy atom. The van der Waals surface area contributed by atoms with Gasteiger partial charge >= 0.3 is 7.25 Å². The van der Waals surface area contributed by atoms with Crippen molar-refractivity contribution in [2.24, 2.45) is 0 Å². The van der Waals surface area contributed by atoms with E-state index >= 15 is 0 Å². The van der Waals surface area contributed by atoms with Crippen LogP contribution in [0.3, 0.4) is 0 Å². The Labute approximate surface area is 134 Å². The molecule has 0 aromatic heterocycles. The lowest BCUT2D eigenvalue weighted by atomic mass is 10.1. The molecule has 0 aliphatic rings. The average molecular weight is 358 g/mol. The van der Waals surface area contributed by atoms with Gasteiger partial charge in [0.1, 0.15) is 17.3 Å².